The lowest BCUT2D eigenvalue weighted by Crippen LogP contribution is -2.00. The molecule has 0 amide bonds. The van der Waals surface area contributed by atoms with Gasteiger partial charge in [0.1, 0.15) is 5.82 Å². The van der Waals surface area contributed by atoms with Crippen molar-refractivity contribution in [3.05, 3.63) is 70.6 Å². The van der Waals surface area contributed by atoms with Crippen LogP contribution in [0.15, 0.2) is 60.0 Å². The quantitative estimate of drug-likeness (QED) is 0.444. The van der Waals surface area contributed by atoms with Crippen molar-refractivity contribution in [3.63, 3.8) is 0 Å². The molecule has 0 spiro atoms. The van der Waals surface area contributed by atoms with E-state index in [-0.39, 0.29) is 5.78 Å². The monoisotopic (exact) mass is 379 g/mol. The summed E-state index contributed by atoms with van der Waals surface area (Å²) in [6, 6.07) is 17.0. The van der Waals surface area contributed by atoms with Gasteiger partial charge in [-0.25, -0.2) is 9.97 Å². The van der Waals surface area contributed by atoms with Gasteiger partial charge >= 0.3 is 0 Å². The van der Waals surface area contributed by atoms with Crippen LogP contribution in [0.25, 0.3) is 21.6 Å². The average molecular weight is 380 g/mol. The summed E-state index contributed by atoms with van der Waals surface area (Å²) in [5.41, 5.74) is 2.27. The van der Waals surface area contributed by atoms with E-state index in [1.807, 2.05) is 53.9 Å². The van der Waals surface area contributed by atoms with Gasteiger partial charge in [0.15, 0.2) is 11.6 Å². The van der Waals surface area contributed by atoms with Crippen molar-refractivity contribution >= 4 is 51.1 Å². The molecule has 0 aliphatic rings. The normalized spacial score (nSPS) is 10.8. The Hall–Kier alpha value is -2.76. The fourth-order valence-corrected chi connectivity index (χ4v) is 3.75. The molecule has 0 saturated heterocycles. The molecule has 128 valence electrons. The van der Waals surface area contributed by atoms with Crippen LogP contribution in [0.3, 0.4) is 0 Å². The maximum Gasteiger partial charge on any atom is 0.173 e. The first kappa shape index (κ1) is 16.7. The Morgan fingerprint density at radius 2 is 1.92 bits per heavy atom. The second-order valence-electron chi connectivity index (χ2n) is 5.77. The fraction of sp³-hybridized carbons (Fsp3) is 0.0500. The molecule has 0 fully saturated rings. The molecule has 1 N–H and O–H groups in total. The average Bonchev–Trinajstić information content (AvgIpc) is 3.08. The van der Waals surface area contributed by atoms with Crippen molar-refractivity contribution < 1.29 is 4.79 Å². The summed E-state index contributed by atoms with van der Waals surface area (Å²) in [6.07, 6.45) is 0. The zero-order valence-electron chi connectivity index (χ0n) is 13.9. The molecule has 0 bridgehead atoms. The smallest absolute Gasteiger partial charge is 0.173 e. The molecule has 0 aliphatic carbocycles. The second kappa shape index (κ2) is 6.86. The van der Waals surface area contributed by atoms with Gasteiger partial charge in [-0.2, -0.15) is 0 Å². The van der Waals surface area contributed by atoms with E-state index in [1.54, 1.807) is 13.0 Å². The molecule has 4 nitrogen and oxygen atoms in total. The summed E-state index contributed by atoms with van der Waals surface area (Å²) in [6.45, 7) is 1.55. The molecule has 0 aliphatic heterocycles. The summed E-state index contributed by atoms with van der Waals surface area (Å²) < 4.78 is 0. The molecule has 2 aromatic carbocycles. The summed E-state index contributed by atoms with van der Waals surface area (Å²) in [7, 11) is 0. The molecule has 2 heterocycles. The minimum Gasteiger partial charge on any atom is -0.340 e. The van der Waals surface area contributed by atoms with Gasteiger partial charge in [-0.05, 0) is 42.6 Å². The zero-order valence-corrected chi connectivity index (χ0v) is 15.4. The number of aromatic nitrogens is 2. The highest BCUT2D eigenvalue weighted by atomic mass is 35.5. The number of hydrogen-bond acceptors (Lipinski definition) is 5. The maximum absolute atomic E-state index is 11.6. The molecule has 0 radical (unpaired) electrons. The molecule has 26 heavy (non-hydrogen) atoms. The van der Waals surface area contributed by atoms with Gasteiger partial charge in [0.05, 0.1) is 15.4 Å². The number of carbonyl (C=O) groups is 1. The first-order valence-electron chi connectivity index (χ1n) is 8.00. The van der Waals surface area contributed by atoms with Crippen molar-refractivity contribution in [3.8, 4) is 10.7 Å². The van der Waals surface area contributed by atoms with Crippen molar-refractivity contribution in [2.45, 2.75) is 6.92 Å². The number of fused-ring (bicyclic) bond motifs is 1. The second-order valence-corrected chi connectivity index (χ2v) is 7.10. The van der Waals surface area contributed by atoms with Gasteiger partial charge in [0, 0.05) is 16.6 Å². The number of nitrogens with zero attached hydrogens (tertiary/aromatic N) is 2. The molecule has 0 atom stereocenters. The Morgan fingerprint density at radius 3 is 2.69 bits per heavy atom. The third-order valence-electron chi connectivity index (χ3n) is 3.96. The highest BCUT2D eigenvalue weighted by Crippen LogP contribution is 2.34. The van der Waals surface area contributed by atoms with Crippen LogP contribution in [0.4, 0.5) is 11.5 Å². The number of thiophene rings is 1. The van der Waals surface area contributed by atoms with Crippen LogP contribution in [0.5, 0.6) is 0 Å². The number of benzene rings is 2. The molecule has 4 aromatic rings. The molecule has 0 unspecified atom stereocenters. The van der Waals surface area contributed by atoms with Crippen molar-refractivity contribution in [1.29, 1.82) is 0 Å². The van der Waals surface area contributed by atoms with Crippen molar-refractivity contribution in [2.24, 2.45) is 0 Å². The molecule has 6 heteroatoms. The Morgan fingerprint density at radius 1 is 1.08 bits per heavy atom. The van der Waals surface area contributed by atoms with Crippen LogP contribution in [0.2, 0.25) is 5.02 Å². The zero-order chi connectivity index (χ0) is 18.1. The van der Waals surface area contributed by atoms with Gasteiger partial charge in [-0.3, -0.25) is 4.79 Å². The third kappa shape index (κ3) is 3.19. The number of hydrogen-bond donors (Lipinski definition) is 1. The fourth-order valence-electron chi connectivity index (χ4n) is 2.68. The Kier molecular flexibility index (Phi) is 4.41. The number of halogens is 1. The van der Waals surface area contributed by atoms with E-state index < -0.39 is 0 Å². The Bertz CT molecular complexity index is 1120. The number of carbonyl (C=O) groups excluding carboxylic acids is 1. The predicted molar refractivity (Wildman–Crippen MR) is 108 cm³/mol. The third-order valence-corrected chi connectivity index (χ3v) is 5.29. The van der Waals surface area contributed by atoms with E-state index in [0.29, 0.717) is 22.2 Å². The van der Waals surface area contributed by atoms with Crippen molar-refractivity contribution in [2.75, 3.05) is 5.32 Å². The van der Waals surface area contributed by atoms with Crippen LogP contribution < -0.4 is 5.32 Å². The van der Waals surface area contributed by atoms with Gasteiger partial charge in [-0.15, -0.1) is 11.3 Å². The Labute approximate surface area is 159 Å². The highest BCUT2D eigenvalue weighted by molar-refractivity contribution is 7.14. The van der Waals surface area contributed by atoms with Crippen LogP contribution in [0.1, 0.15) is 17.3 Å². The van der Waals surface area contributed by atoms with E-state index in [1.165, 1.54) is 11.3 Å². The van der Waals surface area contributed by atoms with Gasteiger partial charge in [0.25, 0.3) is 0 Å². The van der Waals surface area contributed by atoms with Crippen LogP contribution in [0, 0.1) is 0 Å². The lowest BCUT2D eigenvalue weighted by molar-refractivity contribution is 0.101. The minimum atomic E-state index is 0.0206. The van der Waals surface area contributed by atoms with Gasteiger partial charge in [-0.1, -0.05) is 35.9 Å². The molecular formula is C20H14ClN3OS. The molecule has 2 aromatic heterocycles. The van der Waals surface area contributed by atoms with Crippen LogP contribution in [-0.4, -0.2) is 15.8 Å². The van der Waals surface area contributed by atoms with E-state index in [9.17, 15) is 4.79 Å². The number of Topliss-reactive ketones (excluding diaryl/α,β-unsaturated/α-hetero) is 1. The Balaban J connectivity index is 1.84. The van der Waals surface area contributed by atoms with Gasteiger partial charge in [0.2, 0.25) is 0 Å². The number of anilines is 2. The first-order valence-corrected chi connectivity index (χ1v) is 9.26. The molecular weight excluding hydrogens is 366 g/mol. The van der Waals surface area contributed by atoms with Crippen molar-refractivity contribution in [1.82, 2.24) is 9.97 Å². The lowest BCUT2D eigenvalue weighted by Gasteiger charge is -2.11. The summed E-state index contributed by atoms with van der Waals surface area (Å²) in [4.78, 5) is 21.8. The predicted octanol–water partition coefficient (Wildman–Crippen LogP) is 5.96. The summed E-state index contributed by atoms with van der Waals surface area (Å²) >= 11 is 7.77. The number of para-hydroxylation sites is 1. The topological polar surface area (TPSA) is 54.9 Å². The number of ketones is 1. The number of nitrogens with one attached hydrogen (secondary N) is 1. The van der Waals surface area contributed by atoms with Gasteiger partial charge < -0.3 is 5.32 Å². The highest BCUT2D eigenvalue weighted by Gasteiger charge is 2.13. The summed E-state index contributed by atoms with van der Waals surface area (Å²) in [5, 5.41) is 6.77. The largest absolute Gasteiger partial charge is 0.340 e. The summed E-state index contributed by atoms with van der Waals surface area (Å²) in [5.74, 6) is 1.27. The van der Waals surface area contributed by atoms with E-state index >= 15 is 0 Å². The van der Waals surface area contributed by atoms with E-state index in [2.05, 4.69) is 10.3 Å². The molecule has 0 saturated carbocycles. The first-order chi connectivity index (χ1) is 12.6. The van der Waals surface area contributed by atoms with Crippen LogP contribution >= 0.6 is 22.9 Å². The van der Waals surface area contributed by atoms with Crippen LogP contribution in [-0.2, 0) is 0 Å². The maximum atomic E-state index is 11.6. The van der Waals surface area contributed by atoms with E-state index in [4.69, 9.17) is 16.6 Å². The standard InChI is InChI=1S/C20H14ClN3OS/c1-12(25)13-5-4-6-14(11-13)22-19-15-7-2-3-8-17(15)23-20(24-19)18-16(21)9-10-26-18/h2-11H,1H3,(H,22,23,24). The lowest BCUT2D eigenvalue weighted by atomic mass is 10.1. The van der Waals surface area contributed by atoms with E-state index in [0.717, 1.165) is 21.5 Å². The molecule has 4 rings (SSSR count). The minimum absolute atomic E-state index is 0.0206. The SMILES string of the molecule is CC(=O)c1cccc(Nc2nc(-c3sccc3Cl)nc3ccccc23)c1. The number of rotatable bonds is 4.